The molecular weight excluding hydrogens is 976 g/mol. The molecule has 3 atom stereocenters. The van der Waals surface area contributed by atoms with Crippen molar-refractivity contribution in [3.05, 3.63) is 36.5 Å². The SMILES string of the molecule is CCCCCCCC/C=C\CCCCCC(=O)NC(COP(=O)([O-])OCC[N+](C)(C)C)C(/C=C\CCCCCCCCCCCCC)OC(=O)CCCCCCCCCCCCCCCCC/C=C/CCCCCCCC. The number of carbonyl (C=O) groups excluding carboxylic acids is 2. The summed E-state index contributed by atoms with van der Waals surface area (Å²) in [5.74, 6) is -0.545. The second-order valence-electron chi connectivity index (χ2n) is 24.0. The van der Waals surface area contributed by atoms with Gasteiger partial charge in [0, 0.05) is 12.8 Å². The molecule has 0 aromatic heterocycles. The Morgan fingerprint density at radius 3 is 1.12 bits per heavy atom. The number of likely N-dealkylation sites (N-methyl/N-ethyl adjacent to an activating group) is 1. The number of nitrogens with one attached hydrogen (secondary N) is 1. The number of phosphoric ester groups is 1. The van der Waals surface area contributed by atoms with Crippen molar-refractivity contribution in [3.63, 3.8) is 0 Å². The summed E-state index contributed by atoms with van der Waals surface area (Å²) in [4.78, 5) is 40.0. The first-order chi connectivity index (χ1) is 37.4. The maximum Gasteiger partial charge on any atom is 0.306 e. The molecule has 0 aliphatic carbocycles. The molecule has 3 unspecified atom stereocenters. The van der Waals surface area contributed by atoms with Gasteiger partial charge in [0.05, 0.1) is 33.8 Å². The Morgan fingerprint density at radius 1 is 0.442 bits per heavy atom. The summed E-state index contributed by atoms with van der Waals surface area (Å²) in [7, 11) is 1.19. The van der Waals surface area contributed by atoms with Gasteiger partial charge >= 0.3 is 5.97 Å². The first kappa shape index (κ1) is 75.2. The molecule has 454 valence electrons. The van der Waals surface area contributed by atoms with Gasteiger partial charge in [0.25, 0.3) is 7.82 Å². The summed E-state index contributed by atoms with van der Waals surface area (Å²) in [5.41, 5.74) is 0. The van der Waals surface area contributed by atoms with Crippen LogP contribution in [0.1, 0.15) is 329 Å². The summed E-state index contributed by atoms with van der Waals surface area (Å²) in [6, 6.07) is -0.892. The number of nitrogens with zero attached hydrogens (tertiary/aromatic N) is 1. The number of rotatable bonds is 61. The Bertz CT molecular complexity index is 1410. The number of esters is 1. The highest BCUT2D eigenvalue weighted by Gasteiger charge is 2.27. The van der Waals surface area contributed by atoms with E-state index in [9.17, 15) is 19.0 Å². The van der Waals surface area contributed by atoms with Gasteiger partial charge in [0.2, 0.25) is 5.91 Å². The molecule has 10 heteroatoms. The molecule has 0 aromatic rings. The third kappa shape index (κ3) is 58.7. The van der Waals surface area contributed by atoms with Crippen LogP contribution in [0.5, 0.6) is 0 Å². The van der Waals surface area contributed by atoms with Gasteiger partial charge in [0.15, 0.2) is 0 Å². The largest absolute Gasteiger partial charge is 0.756 e. The van der Waals surface area contributed by atoms with E-state index in [0.717, 1.165) is 70.6 Å². The van der Waals surface area contributed by atoms with E-state index in [2.05, 4.69) is 50.4 Å². The number of phosphoric acid groups is 1. The highest BCUT2D eigenvalue weighted by atomic mass is 31.2. The lowest BCUT2D eigenvalue weighted by molar-refractivity contribution is -0.870. The standard InChI is InChI=1S/C67H129N2O7P/c1-7-10-13-16-19-22-25-28-29-30-31-32-33-34-35-36-37-38-39-42-45-48-51-54-57-60-67(71)76-65(58-55-52-49-46-43-40-26-23-20-17-14-11-8-2)64(63-75-77(72,73)74-62-61-69(4,5)6)68-66(70)59-56-53-50-47-44-41-27-24-21-18-15-12-9-3/h28-29,41,44,55,58,64-65H,7-27,30-40,42-43,45-54,56-57,59-63H2,1-6H3,(H-,68,70,72,73)/b29-28+,44-41-,58-55-. The minimum atomic E-state index is -4.70. The molecule has 1 amide bonds. The first-order valence-electron chi connectivity index (χ1n) is 33.3. The van der Waals surface area contributed by atoms with Gasteiger partial charge in [-0.25, -0.2) is 0 Å². The lowest BCUT2D eigenvalue weighted by Crippen LogP contribution is -2.47. The zero-order valence-electron chi connectivity index (χ0n) is 51.9. The Kier molecular flexibility index (Phi) is 56.1. The van der Waals surface area contributed by atoms with Gasteiger partial charge in [-0.1, -0.05) is 269 Å². The van der Waals surface area contributed by atoms with Gasteiger partial charge in [-0.3, -0.25) is 14.2 Å². The molecule has 0 saturated heterocycles. The Hall–Kier alpha value is -1.77. The number of hydrogen-bond donors (Lipinski definition) is 1. The van der Waals surface area contributed by atoms with E-state index in [1.54, 1.807) is 0 Å². The number of allylic oxidation sites excluding steroid dienone is 5. The van der Waals surface area contributed by atoms with Crippen molar-refractivity contribution < 1.29 is 37.3 Å². The van der Waals surface area contributed by atoms with E-state index < -0.39 is 26.6 Å². The molecule has 0 rings (SSSR count). The normalized spacial score (nSPS) is 13.8. The zero-order chi connectivity index (χ0) is 56.4. The highest BCUT2D eigenvalue weighted by molar-refractivity contribution is 7.45. The molecule has 0 aliphatic heterocycles. The van der Waals surface area contributed by atoms with Crippen LogP contribution in [0.4, 0.5) is 0 Å². The van der Waals surface area contributed by atoms with Gasteiger partial charge in [-0.05, 0) is 83.1 Å². The van der Waals surface area contributed by atoms with Crippen LogP contribution in [0.2, 0.25) is 0 Å². The third-order valence-corrected chi connectivity index (χ3v) is 16.0. The number of amides is 1. The van der Waals surface area contributed by atoms with Crippen LogP contribution in [-0.4, -0.2) is 69.4 Å². The van der Waals surface area contributed by atoms with Crippen molar-refractivity contribution >= 4 is 19.7 Å². The van der Waals surface area contributed by atoms with Crippen molar-refractivity contribution in [1.82, 2.24) is 5.32 Å². The predicted octanol–water partition coefficient (Wildman–Crippen LogP) is 20.0. The smallest absolute Gasteiger partial charge is 0.306 e. The maximum absolute atomic E-state index is 13.5. The molecule has 77 heavy (non-hydrogen) atoms. The summed E-state index contributed by atoms with van der Waals surface area (Å²) in [5, 5.41) is 3.02. The van der Waals surface area contributed by atoms with Crippen LogP contribution in [0, 0.1) is 0 Å². The van der Waals surface area contributed by atoms with Crippen LogP contribution in [0.3, 0.4) is 0 Å². The highest BCUT2D eigenvalue weighted by Crippen LogP contribution is 2.38. The fourth-order valence-corrected chi connectivity index (χ4v) is 10.6. The molecule has 0 aromatic carbocycles. The minimum absolute atomic E-state index is 0.0227. The molecule has 0 saturated carbocycles. The van der Waals surface area contributed by atoms with E-state index >= 15 is 0 Å². The van der Waals surface area contributed by atoms with Crippen molar-refractivity contribution in [2.24, 2.45) is 0 Å². The molecule has 0 radical (unpaired) electrons. The van der Waals surface area contributed by atoms with Crippen molar-refractivity contribution in [2.75, 3.05) is 40.9 Å². The van der Waals surface area contributed by atoms with Crippen LogP contribution >= 0.6 is 7.82 Å². The summed E-state index contributed by atoms with van der Waals surface area (Å²) in [6.07, 6.45) is 69.8. The fourth-order valence-electron chi connectivity index (χ4n) is 9.87. The summed E-state index contributed by atoms with van der Waals surface area (Å²) >= 11 is 0. The average molecular weight is 1110 g/mol. The number of unbranched alkanes of at least 4 members (excludes halogenated alkanes) is 41. The van der Waals surface area contributed by atoms with E-state index in [4.69, 9.17) is 13.8 Å². The van der Waals surface area contributed by atoms with Crippen LogP contribution in [0.15, 0.2) is 36.5 Å². The number of ether oxygens (including phenoxy) is 1. The zero-order valence-corrected chi connectivity index (χ0v) is 52.8. The summed E-state index contributed by atoms with van der Waals surface area (Å²) in [6.45, 7) is 6.86. The first-order valence-corrected chi connectivity index (χ1v) is 34.8. The number of quaternary nitrogens is 1. The van der Waals surface area contributed by atoms with Crippen LogP contribution < -0.4 is 10.2 Å². The van der Waals surface area contributed by atoms with Gasteiger partial charge in [-0.15, -0.1) is 0 Å². The van der Waals surface area contributed by atoms with Gasteiger partial charge in [0.1, 0.15) is 19.3 Å². The number of carbonyl (C=O) groups is 2. The van der Waals surface area contributed by atoms with E-state index in [1.165, 1.54) is 225 Å². The quantitative estimate of drug-likeness (QED) is 0.0212. The maximum atomic E-state index is 13.5. The fraction of sp³-hybridized carbons (Fsp3) is 0.881. The lowest BCUT2D eigenvalue weighted by atomic mass is 10.0. The second kappa shape index (κ2) is 57.5. The average Bonchev–Trinajstić information content (AvgIpc) is 3.39. The summed E-state index contributed by atoms with van der Waals surface area (Å²) < 4.78 is 30.3. The molecule has 9 nitrogen and oxygen atoms in total. The topological polar surface area (TPSA) is 114 Å². The minimum Gasteiger partial charge on any atom is -0.756 e. The van der Waals surface area contributed by atoms with E-state index in [0.29, 0.717) is 17.4 Å². The van der Waals surface area contributed by atoms with Crippen LogP contribution in [-0.2, 0) is 27.9 Å². The molecule has 0 spiro atoms. The monoisotopic (exact) mass is 1100 g/mol. The molecule has 0 fully saturated rings. The Balaban J connectivity index is 5.07. The van der Waals surface area contributed by atoms with Crippen LogP contribution in [0.25, 0.3) is 0 Å². The Morgan fingerprint density at radius 2 is 0.753 bits per heavy atom. The molecular formula is C67H129N2O7P. The van der Waals surface area contributed by atoms with Gasteiger partial charge in [-0.2, -0.15) is 0 Å². The molecule has 0 bridgehead atoms. The van der Waals surface area contributed by atoms with Crippen molar-refractivity contribution in [1.29, 1.82) is 0 Å². The Labute approximate surface area is 478 Å². The predicted molar refractivity (Wildman–Crippen MR) is 330 cm³/mol. The third-order valence-electron chi connectivity index (χ3n) is 15.0. The second-order valence-corrected chi connectivity index (χ2v) is 25.4. The van der Waals surface area contributed by atoms with Gasteiger partial charge < -0.3 is 28.5 Å². The molecule has 1 N–H and O–H groups in total. The van der Waals surface area contributed by atoms with E-state index in [-0.39, 0.29) is 24.9 Å². The molecule has 0 aliphatic rings. The van der Waals surface area contributed by atoms with Crippen molar-refractivity contribution in [3.8, 4) is 0 Å². The lowest BCUT2D eigenvalue weighted by Gasteiger charge is -2.30. The van der Waals surface area contributed by atoms with Crippen molar-refractivity contribution in [2.45, 2.75) is 341 Å². The number of hydrogen-bond acceptors (Lipinski definition) is 7. The van der Waals surface area contributed by atoms with E-state index in [1.807, 2.05) is 33.3 Å². The molecule has 0 heterocycles.